The molecule has 35 heavy (non-hydrogen) atoms. The Kier molecular flexibility index (Phi) is 9.19. The molecule has 2 aliphatic carbocycles. The zero-order valence-corrected chi connectivity index (χ0v) is 27.3. The Hall–Kier alpha value is -0.747. The van der Waals surface area contributed by atoms with Crippen LogP contribution < -0.4 is 28.1 Å². The van der Waals surface area contributed by atoms with Crippen molar-refractivity contribution in [2.24, 2.45) is 11.8 Å². The molecule has 2 aromatic rings. The molecule has 188 valence electrons. The first-order valence-electron chi connectivity index (χ1n) is 12.6. The Labute approximate surface area is 234 Å². The standard InChI is InChI=1S/C21H25.C10H15.CH2.2ClH.Zr/c1-20(2,3)16-7-9-18-14(12-16)11-15-13-17(21(4,5)6)8-10-19(15)18;1-7(2)10-6-8(3)5-9(10)4;;;;/h7-10,12H,11H2,1-6H3;6-8H,1-4H3;1H2;2*1H;/q;;;;;+2/p-2. The summed E-state index contributed by atoms with van der Waals surface area (Å²) in [7, 11) is 0. The SMILES string of the molecule is [CH2]=[Zr+2]([C]1=C(C)C(C(C)C)=CC1C)[c]1c(C(C)(C)C)ccc2c1Cc1cc(C(C)(C)C)ccc1-2.[Cl-].[Cl-]. The quantitative estimate of drug-likeness (QED) is 0.440. The average molecular weight is 589 g/mol. The van der Waals surface area contributed by atoms with E-state index in [-0.39, 0.29) is 35.6 Å². The van der Waals surface area contributed by atoms with Gasteiger partial charge in [0.25, 0.3) is 0 Å². The molecule has 1 unspecified atom stereocenters. The molecule has 0 aliphatic heterocycles. The molecule has 2 aliphatic rings. The Balaban J connectivity index is 0.00000216. The van der Waals surface area contributed by atoms with Gasteiger partial charge in [0.1, 0.15) is 0 Å². The van der Waals surface area contributed by atoms with E-state index in [9.17, 15) is 0 Å². The zero-order valence-electron chi connectivity index (χ0n) is 23.3. The van der Waals surface area contributed by atoms with Crippen LogP contribution >= 0.6 is 0 Å². The molecule has 0 spiro atoms. The van der Waals surface area contributed by atoms with Crippen LogP contribution in [0.1, 0.15) is 91.5 Å². The van der Waals surface area contributed by atoms with E-state index in [0.29, 0.717) is 11.8 Å². The number of hydrogen-bond acceptors (Lipinski definition) is 0. The number of allylic oxidation sites excluding steroid dienone is 4. The van der Waals surface area contributed by atoms with Gasteiger partial charge < -0.3 is 24.8 Å². The maximum absolute atomic E-state index is 5.06. The average Bonchev–Trinajstić information content (AvgIpc) is 3.21. The van der Waals surface area contributed by atoms with Crippen molar-refractivity contribution in [3.8, 4) is 11.1 Å². The van der Waals surface area contributed by atoms with Gasteiger partial charge in [0.05, 0.1) is 0 Å². The van der Waals surface area contributed by atoms with E-state index in [2.05, 4.69) is 106 Å². The van der Waals surface area contributed by atoms with E-state index in [0.717, 1.165) is 6.42 Å². The number of halogens is 2. The molecule has 4 rings (SSSR count). The first-order valence-corrected chi connectivity index (χ1v) is 16.8. The van der Waals surface area contributed by atoms with Gasteiger partial charge in [-0.1, -0.05) is 0 Å². The molecule has 0 fully saturated rings. The summed E-state index contributed by atoms with van der Waals surface area (Å²) in [6.45, 7) is 23.5. The smallest absolute Gasteiger partial charge is 1.00 e. The molecule has 1 atom stereocenters. The van der Waals surface area contributed by atoms with Crippen LogP contribution in [0.15, 0.2) is 50.8 Å². The molecule has 0 heterocycles. The second kappa shape index (κ2) is 10.6. The van der Waals surface area contributed by atoms with Gasteiger partial charge in [-0.25, -0.2) is 0 Å². The number of rotatable bonds is 3. The van der Waals surface area contributed by atoms with Crippen molar-refractivity contribution in [3.63, 3.8) is 0 Å². The van der Waals surface area contributed by atoms with E-state index in [1.165, 1.54) is 22.3 Å². The molecular weight excluding hydrogens is 546 g/mol. The van der Waals surface area contributed by atoms with Gasteiger partial charge in [-0.3, -0.25) is 0 Å². The van der Waals surface area contributed by atoms with Crippen LogP contribution in [-0.4, -0.2) is 4.21 Å². The molecule has 0 aromatic heterocycles. The minimum absolute atomic E-state index is 0. The third kappa shape index (κ3) is 5.44. The molecule has 0 radical (unpaired) electrons. The minimum atomic E-state index is -2.33. The molecular formula is C32H42Cl2Zr. The summed E-state index contributed by atoms with van der Waals surface area (Å²) in [5, 5.41) is 0. The predicted molar refractivity (Wildman–Crippen MR) is 144 cm³/mol. The molecule has 3 heteroatoms. The van der Waals surface area contributed by atoms with Crippen molar-refractivity contribution < 1.29 is 46.1 Å². The molecule has 2 aromatic carbocycles. The fraction of sp³-hybridized carbons (Fsp3) is 0.469. The molecule has 0 amide bonds. The summed E-state index contributed by atoms with van der Waals surface area (Å²) in [5.41, 5.74) is 12.4. The van der Waals surface area contributed by atoms with Crippen molar-refractivity contribution in [1.29, 1.82) is 0 Å². The van der Waals surface area contributed by atoms with Gasteiger partial charge in [-0.05, 0) is 0 Å². The van der Waals surface area contributed by atoms with Crippen molar-refractivity contribution in [2.75, 3.05) is 0 Å². The van der Waals surface area contributed by atoms with Gasteiger partial charge in [-0.15, -0.1) is 0 Å². The zero-order chi connectivity index (χ0) is 24.5. The summed E-state index contributed by atoms with van der Waals surface area (Å²) < 4.78 is 8.45. The van der Waals surface area contributed by atoms with Crippen molar-refractivity contribution >= 4 is 7.48 Å². The van der Waals surface area contributed by atoms with Crippen LogP contribution in [0.2, 0.25) is 0 Å². The molecule has 0 saturated heterocycles. The number of fused-ring (bicyclic) bond motifs is 3. The maximum atomic E-state index is 5.06. The van der Waals surface area contributed by atoms with Crippen molar-refractivity contribution in [3.05, 3.63) is 73.1 Å². The third-order valence-corrected chi connectivity index (χ3v) is 14.2. The predicted octanol–water partition coefficient (Wildman–Crippen LogP) is 2.04. The molecule has 0 bridgehead atoms. The summed E-state index contributed by atoms with van der Waals surface area (Å²) >= 11 is -2.33. The fourth-order valence-corrected chi connectivity index (χ4v) is 13.0. The Morgan fingerprint density at radius 2 is 1.51 bits per heavy atom. The summed E-state index contributed by atoms with van der Waals surface area (Å²) in [5.74, 6) is 1.12. The van der Waals surface area contributed by atoms with Crippen LogP contribution in [0.5, 0.6) is 0 Å². The number of benzene rings is 2. The van der Waals surface area contributed by atoms with Crippen molar-refractivity contribution in [1.82, 2.24) is 0 Å². The van der Waals surface area contributed by atoms with Gasteiger partial charge in [0.15, 0.2) is 0 Å². The molecule has 0 nitrogen and oxygen atoms in total. The topological polar surface area (TPSA) is 0 Å². The van der Waals surface area contributed by atoms with Gasteiger partial charge in [0.2, 0.25) is 0 Å². The van der Waals surface area contributed by atoms with Gasteiger partial charge in [0, 0.05) is 0 Å². The summed E-state index contributed by atoms with van der Waals surface area (Å²) in [6, 6.07) is 12.1. The van der Waals surface area contributed by atoms with Crippen LogP contribution in [0.25, 0.3) is 11.1 Å². The van der Waals surface area contributed by atoms with Crippen LogP contribution in [-0.2, 0) is 38.5 Å². The normalized spacial score (nSPS) is 16.7. The first-order chi connectivity index (χ1) is 15.2. The number of hydrogen-bond donors (Lipinski definition) is 0. The van der Waals surface area contributed by atoms with E-state index < -0.39 is 21.3 Å². The second-order valence-electron chi connectivity index (χ2n) is 12.6. The first kappa shape index (κ1) is 30.5. The van der Waals surface area contributed by atoms with E-state index in [1.54, 1.807) is 28.8 Å². The third-order valence-electron chi connectivity index (χ3n) is 7.72. The maximum Gasteiger partial charge on any atom is -1.00 e. The van der Waals surface area contributed by atoms with E-state index in [1.807, 2.05) is 0 Å². The largest absolute Gasteiger partial charge is 1.00 e. The Morgan fingerprint density at radius 3 is 2.03 bits per heavy atom. The monoisotopic (exact) mass is 586 g/mol. The Morgan fingerprint density at radius 1 is 0.914 bits per heavy atom. The Bertz CT molecular complexity index is 1210. The van der Waals surface area contributed by atoms with Gasteiger partial charge >= 0.3 is 211 Å². The van der Waals surface area contributed by atoms with Gasteiger partial charge in [-0.2, -0.15) is 0 Å². The second-order valence-corrected chi connectivity index (χ2v) is 17.6. The van der Waals surface area contributed by atoms with E-state index in [4.69, 9.17) is 4.21 Å². The molecule has 0 saturated carbocycles. The van der Waals surface area contributed by atoms with Crippen LogP contribution in [0.3, 0.4) is 0 Å². The fourth-order valence-electron chi connectivity index (χ4n) is 5.95. The van der Waals surface area contributed by atoms with Crippen LogP contribution in [0, 0.1) is 11.8 Å². The summed E-state index contributed by atoms with van der Waals surface area (Å²) in [6.07, 6.45) is 3.60. The molecule has 0 N–H and O–H groups in total. The van der Waals surface area contributed by atoms with Crippen LogP contribution in [0.4, 0.5) is 0 Å². The summed E-state index contributed by atoms with van der Waals surface area (Å²) in [4.78, 5) is 0. The van der Waals surface area contributed by atoms with E-state index >= 15 is 0 Å². The van der Waals surface area contributed by atoms with Crippen molar-refractivity contribution in [2.45, 2.75) is 86.5 Å². The minimum Gasteiger partial charge on any atom is -1.00 e.